The Morgan fingerprint density at radius 2 is 1.70 bits per heavy atom. The van der Waals surface area contributed by atoms with Crippen molar-refractivity contribution in [3.63, 3.8) is 0 Å². The van der Waals surface area contributed by atoms with Gasteiger partial charge in [-0.2, -0.15) is 5.10 Å². The van der Waals surface area contributed by atoms with Gasteiger partial charge in [0.25, 0.3) is 5.91 Å². The third kappa shape index (κ3) is 8.59. The number of aromatic nitrogens is 5. The van der Waals surface area contributed by atoms with E-state index < -0.39 is 8.07 Å². The predicted molar refractivity (Wildman–Crippen MR) is 174 cm³/mol. The van der Waals surface area contributed by atoms with Gasteiger partial charge in [-0.05, 0) is 48.0 Å². The third-order valence-corrected chi connectivity index (χ3v) is 8.60. The van der Waals surface area contributed by atoms with Crippen LogP contribution in [0.5, 0.6) is 0 Å². The van der Waals surface area contributed by atoms with Crippen LogP contribution in [0.4, 0.5) is 11.6 Å². The number of aryl methyl sites for hydroxylation is 1. The summed E-state index contributed by atoms with van der Waals surface area (Å²) in [5.74, 6) is -0.0601. The normalized spacial score (nSPS) is 11.3. The number of rotatable bonds is 13. The van der Waals surface area contributed by atoms with E-state index in [0.717, 1.165) is 35.2 Å². The number of nitrogens with one attached hydrogen (secondary N) is 2. The monoisotopic (exact) mass is 607 g/mol. The molecule has 0 radical (unpaired) electrons. The molecule has 0 bridgehead atoms. The Hall–Kier alpha value is -4.87. The summed E-state index contributed by atoms with van der Waals surface area (Å²) in [7, 11) is -1.15. The topological polar surface area (TPSA) is 116 Å². The molecule has 2 aromatic carbocycles. The molecule has 0 aliphatic heterocycles. The zero-order valence-electron chi connectivity index (χ0n) is 25.2. The molecule has 0 spiro atoms. The van der Waals surface area contributed by atoms with E-state index in [2.05, 4.69) is 45.3 Å². The number of amides is 2. The molecule has 0 saturated carbocycles. The molecule has 0 atom stereocenters. The number of para-hydroxylation sites is 1. The van der Waals surface area contributed by atoms with Gasteiger partial charge in [-0.25, -0.2) is 9.67 Å². The SMILES string of the molecule is C[Si](C)(C)CCOCn1cc(-c2cccc(C(=O)Nc3nc(CCC(=O)Nc4ccccc4)cn3-c3ccncc3)c2)cn1. The van der Waals surface area contributed by atoms with Crippen molar-refractivity contribution in [2.24, 2.45) is 0 Å². The highest BCUT2D eigenvalue weighted by Gasteiger charge is 2.16. The molecule has 5 aromatic rings. The van der Waals surface area contributed by atoms with Gasteiger partial charge in [-0.15, -0.1) is 0 Å². The van der Waals surface area contributed by atoms with E-state index in [1.807, 2.05) is 73.1 Å². The lowest BCUT2D eigenvalue weighted by molar-refractivity contribution is -0.116. The van der Waals surface area contributed by atoms with Gasteiger partial charge < -0.3 is 10.1 Å². The Labute approximate surface area is 258 Å². The van der Waals surface area contributed by atoms with Crippen molar-refractivity contribution >= 4 is 31.5 Å². The van der Waals surface area contributed by atoms with Crippen molar-refractivity contribution in [2.45, 2.75) is 45.3 Å². The molecule has 226 valence electrons. The highest BCUT2D eigenvalue weighted by Crippen LogP contribution is 2.22. The van der Waals surface area contributed by atoms with Crippen molar-refractivity contribution in [1.82, 2.24) is 24.3 Å². The summed E-state index contributed by atoms with van der Waals surface area (Å²) in [5, 5.41) is 10.3. The Morgan fingerprint density at radius 1 is 0.909 bits per heavy atom. The smallest absolute Gasteiger partial charge is 0.258 e. The van der Waals surface area contributed by atoms with Gasteiger partial charge in [0.15, 0.2) is 0 Å². The number of carbonyl (C=O) groups excluding carboxylic acids is 2. The average molecular weight is 608 g/mol. The van der Waals surface area contributed by atoms with Crippen LogP contribution < -0.4 is 10.6 Å². The second-order valence-electron chi connectivity index (χ2n) is 11.7. The minimum atomic E-state index is -1.15. The fourth-order valence-corrected chi connectivity index (χ4v) is 5.22. The molecular weight excluding hydrogens is 570 g/mol. The van der Waals surface area contributed by atoms with Crippen LogP contribution in [0.3, 0.4) is 0 Å². The number of benzene rings is 2. The molecule has 2 N–H and O–H groups in total. The average Bonchev–Trinajstić information content (AvgIpc) is 3.66. The quantitative estimate of drug-likeness (QED) is 0.120. The third-order valence-electron chi connectivity index (χ3n) is 6.90. The van der Waals surface area contributed by atoms with Crippen molar-refractivity contribution in [1.29, 1.82) is 0 Å². The van der Waals surface area contributed by atoms with E-state index in [0.29, 0.717) is 30.4 Å². The van der Waals surface area contributed by atoms with Crippen LogP contribution in [-0.2, 0) is 22.7 Å². The van der Waals surface area contributed by atoms with Crippen LogP contribution in [0.25, 0.3) is 16.8 Å². The minimum absolute atomic E-state index is 0.112. The Balaban J connectivity index is 1.27. The second kappa shape index (κ2) is 14.1. The number of pyridine rings is 1. The summed E-state index contributed by atoms with van der Waals surface area (Å²) < 4.78 is 9.37. The summed E-state index contributed by atoms with van der Waals surface area (Å²) in [6.45, 7) is 8.08. The number of imidazole rings is 1. The van der Waals surface area contributed by atoms with E-state index >= 15 is 0 Å². The Morgan fingerprint density at radius 3 is 2.48 bits per heavy atom. The number of hydrogen-bond donors (Lipinski definition) is 2. The first kappa shape index (κ1) is 30.6. The lowest BCUT2D eigenvalue weighted by Crippen LogP contribution is -2.22. The molecule has 5 rings (SSSR count). The van der Waals surface area contributed by atoms with Gasteiger partial charge >= 0.3 is 0 Å². The zero-order valence-corrected chi connectivity index (χ0v) is 26.2. The lowest BCUT2D eigenvalue weighted by atomic mass is 10.1. The van der Waals surface area contributed by atoms with Crippen molar-refractivity contribution in [3.05, 3.63) is 109 Å². The van der Waals surface area contributed by atoms with Crippen molar-refractivity contribution < 1.29 is 14.3 Å². The fraction of sp³-hybridized carbons (Fsp3) is 0.242. The van der Waals surface area contributed by atoms with Crippen LogP contribution in [0.15, 0.2) is 97.7 Å². The number of carbonyl (C=O) groups is 2. The number of hydrogen-bond acceptors (Lipinski definition) is 6. The summed E-state index contributed by atoms with van der Waals surface area (Å²) in [6.07, 6.45) is 9.52. The maximum absolute atomic E-state index is 13.4. The summed E-state index contributed by atoms with van der Waals surface area (Å²) in [4.78, 5) is 34.7. The molecule has 0 aliphatic carbocycles. The van der Waals surface area contributed by atoms with E-state index in [4.69, 9.17) is 4.74 Å². The minimum Gasteiger partial charge on any atom is -0.360 e. The van der Waals surface area contributed by atoms with Gasteiger partial charge in [0.05, 0.1) is 17.6 Å². The first-order chi connectivity index (χ1) is 21.2. The van der Waals surface area contributed by atoms with Crippen LogP contribution in [0.1, 0.15) is 22.5 Å². The summed E-state index contributed by atoms with van der Waals surface area (Å²) >= 11 is 0. The highest BCUT2D eigenvalue weighted by molar-refractivity contribution is 6.76. The summed E-state index contributed by atoms with van der Waals surface area (Å²) in [6, 6.07) is 21.5. The molecule has 2 amide bonds. The van der Waals surface area contributed by atoms with Gasteiger partial charge in [-0.3, -0.25) is 24.5 Å². The van der Waals surface area contributed by atoms with Gasteiger partial charge in [-0.1, -0.05) is 50.0 Å². The van der Waals surface area contributed by atoms with Crippen molar-refractivity contribution in [3.8, 4) is 16.8 Å². The van der Waals surface area contributed by atoms with E-state index in [1.165, 1.54) is 0 Å². The maximum Gasteiger partial charge on any atom is 0.258 e. The molecule has 3 aromatic heterocycles. The van der Waals surface area contributed by atoms with Crippen LogP contribution >= 0.6 is 0 Å². The molecular formula is C33H37N7O3Si. The summed E-state index contributed by atoms with van der Waals surface area (Å²) in [5.41, 5.74) is 4.45. The fourth-order valence-electron chi connectivity index (χ4n) is 4.46. The molecule has 0 unspecified atom stereocenters. The number of nitrogens with zero attached hydrogens (tertiary/aromatic N) is 5. The van der Waals surface area contributed by atoms with E-state index in [-0.39, 0.29) is 18.2 Å². The molecule has 11 heteroatoms. The van der Waals surface area contributed by atoms with Crippen LogP contribution in [0.2, 0.25) is 25.7 Å². The van der Waals surface area contributed by atoms with Crippen molar-refractivity contribution in [2.75, 3.05) is 17.2 Å². The Kier molecular flexibility index (Phi) is 9.78. The molecule has 10 nitrogen and oxygen atoms in total. The second-order valence-corrected chi connectivity index (χ2v) is 17.3. The number of anilines is 2. The van der Waals surface area contributed by atoms with E-state index in [9.17, 15) is 9.59 Å². The lowest BCUT2D eigenvalue weighted by Gasteiger charge is -2.15. The molecule has 0 fully saturated rings. The standard InChI is InChI=1S/C33H37N7O3Si/c1-44(2,3)19-18-43-24-39-22-27(21-35-39)25-8-7-9-26(20-25)32(42)38-33-37-29(23-40(33)30-14-16-34-17-15-30)12-13-31(41)36-28-10-5-4-6-11-28/h4-11,14-17,20-23H,12-13,18-19,24H2,1-3H3,(H,36,41)(H,37,38,42). The van der Waals surface area contributed by atoms with E-state index in [1.54, 1.807) is 33.9 Å². The molecule has 0 saturated heterocycles. The van der Waals surface area contributed by atoms with Crippen LogP contribution in [0, 0.1) is 0 Å². The van der Waals surface area contributed by atoms with Gasteiger partial charge in [0.1, 0.15) is 6.73 Å². The maximum atomic E-state index is 13.4. The largest absolute Gasteiger partial charge is 0.360 e. The van der Waals surface area contributed by atoms with Crippen LogP contribution in [-0.4, -0.2) is 50.8 Å². The first-order valence-corrected chi connectivity index (χ1v) is 18.3. The zero-order chi connectivity index (χ0) is 30.9. The van der Waals surface area contributed by atoms with Gasteiger partial charge in [0, 0.05) is 69.1 Å². The Bertz CT molecular complexity index is 1700. The molecule has 3 heterocycles. The van der Waals surface area contributed by atoms with Gasteiger partial charge in [0.2, 0.25) is 11.9 Å². The molecule has 44 heavy (non-hydrogen) atoms. The first-order valence-electron chi connectivity index (χ1n) is 14.6. The predicted octanol–water partition coefficient (Wildman–Crippen LogP) is 6.27. The molecule has 0 aliphatic rings. The number of ether oxygens (including phenoxy) is 1. The highest BCUT2D eigenvalue weighted by atomic mass is 28.3.